The second-order valence-corrected chi connectivity index (χ2v) is 8.20. The maximum absolute atomic E-state index is 12.8. The molecule has 2 aromatic rings. The van der Waals surface area contributed by atoms with Crippen molar-refractivity contribution in [2.45, 2.75) is 12.5 Å². The van der Waals surface area contributed by atoms with E-state index in [-0.39, 0.29) is 18.2 Å². The maximum Gasteiger partial charge on any atom is 0.308 e. The molecule has 1 atom stereocenters. The van der Waals surface area contributed by atoms with Crippen LogP contribution in [-0.4, -0.2) is 40.9 Å². The molecule has 0 spiro atoms. The second-order valence-electron chi connectivity index (χ2n) is 6.28. The number of hydrogen-bond donors (Lipinski definition) is 1. The Morgan fingerprint density at radius 2 is 1.83 bits per heavy atom. The average Bonchev–Trinajstić information content (AvgIpc) is 3.09. The first kappa shape index (κ1) is 21.5. The van der Waals surface area contributed by atoms with Gasteiger partial charge in [-0.3, -0.25) is 14.4 Å². The largest absolute Gasteiger partial charge is 0.447 e. The number of halogens is 2. The average molecular weight is 453 g/mol. The van der Waals surface area contributed by atoms with Gasteiger partial charge in [0.1, 0.15) is 0 Å². The summed E-state index contributed by atoms with van der Waals surface area (Å²) in [7, 11) is 0. The SMILES string of the molecule is O=C(CCN1CCSC1=O)OC(C(=O)Nc1cc(Cl)cc(Cl)c1)c1ccccc1. The number of carbonyl (C=O) groups excluding carboxylic acids is 3. The summed E-state index contributed by atoms with van der Waals surface area (Å²) in [5.41, 5.74) is 0.920. The third-order valence-corrected chi connectivity index (χ3v) is 5.48. The van der Waals surface area contributed by atoms with Crippen LogP contribution < -0.4 is 5.32 Å². The van der Waals surface area contributed by atoms with Gasteiger partial charge in [0.15, 0.2) is 0 Å². The molecule has 0 saturated carbocycles. The number of hydrogen-bond acceptors (Lipinski definition) is 5. The van der Waals surface area contributed by atoms with E-state index >= 15 is 0 Å². The summed E-state index contributed by atoms with van der Waals surface area (Å²) in [5.74, 6) is -0.385. The van der Waals surface area contributed by atoms with Crippen molar-refractivity contribution in [1.29, 1.82) is 0 Å². The zero-order valence-electron chi connectivity index (χ0n) is 15.3. The normalized spacial score (nSPS) is 14.6. The van der Waals surface area contributed by atoms with Crippen LogP contribution in [0.3, 0.4) is 0 Å². The van der Waals surface area contributed by atoms with Gasteiger partial charge in [0.05, 0.1) is 6.42 Å². The molecule has 1 N–H and O–H groups in total. The molecule has 1 unspecified atom stereocenters. The Hall–Kier alpha value is -2.22. The van der Waals surface area contributed by atoms with Crippen LogP contribution in [0.5, 0.6) is 0 Å². The van der Waals surface area contributed by atoms with Crippen molar-refractivity contribution in [2.75, 3.05) is 24.2 Å². The molecule has 0 radical (unpaired) electrons. The molecule has 0 aromatic heterocycles. The van der Waals surface area contributed by atoms with Crippen LogP contribution in [0.2, 0.25) is 10.0 Å². The first-order chi connectivity index (χ1) is 13.9. The van der Waals surface area contributed by atoms with Crippen LogP contribution in [0.4, 0.5) is 10.5 Å². The molecule has 1 saturated heterocycles. The molecular weight excluding hydrogens is 435 g/mol. The van der Waals surface area contributed by atoms with Gasteiger partial charge in [0, 0.05) is 40.1 Å². The first-order valence-corrected chi connectivity index (χ1v) is 10.6. The standard InChI is InChI=1S/C20H18Cl2N2O4S/c21-14-10-15(22)12-16(11-14)23-19(26)18(13-4-2-1-3-5-13)28-17(25)6-7-24-8-9-29-20(24)27/h1-5,10-12,18H,6-9H2,(H,23,26). The molecule has 9 heteroatoms. The van der Waals surface area contributed by atoms with Crippen LogP contribution in [0.15, 0.2) is 48.5 Å². The summed E-state index contributed by atoms with van der Waals surface area (Å²) >= 11 is 13.2. The van der Waals surface area contributed by atoms with E-state index in [1.165, 1.54) is 11.8 Å². The van der Waals surface area contributed by atoms with Gasteiger partial charge in [0.2, 0.25) is 6.10 Å². The minimum atomic E-state index is -1.15. The van der Waals surface area contributed by atoms with Gasteiger partial charge in [-0.15, -0.1) is 0 Å². The van der Waals surface area contributed by atoms with Crippen molar-refractivity contribution >= 4 is 57.8 Å². The van der Waals surface area contributed by atoms with Crippen molar-refractivity contribution in [2.24, 2.45) is 0 Å². The molecule has 6 nitrogen and oxygen atoms in total. The van der Waals surface area contributed by atoms with Gasteiger partial charge in [-0.05, 0) is 18.2 Å². The zero-order valence-corrected chi connectivity index (χ0v) is 17.6. The maximum atomic E-state index is 12.8. The third-order valence-electron chi connectivity index (χ3n) is 4.15. The highest BCUT2D eigenvalue weighted by atomic mass is 35.5. The Bertz CT molecular complexity index is 890. The lowest BCUT2D eigenvalue weighted by Crippen LogP contribution is -2.29. The van der Waals surface area contributed by atoms with E-state index in [2.05, 4.69) is 5.32 Å². The van der Waals surface area contributed by atoms with Crippen LogP contribution in [0.1, 0.15) is 18.1 Å². The van der Waals surface area contributed by atoms with Crippen molar-refractivity contribution < 1.29 is 19.1 Å². The fourth-order valence-corrected chi connectivity index (χ4v) is 4.16. The number of rotatable bonds is 7. The molecule has 1 heterocycles. The van der Waals surface area contributed by atoms with E-state index in [9.17, 15) is 14.4 Å². The van der Waals surface area contributed by atoms with Crippen molar-refractivity contribution in [3.63, 3.8) is 0 Å². The number of anilines is 1. The van der Waals surface area contributed by atoms with E-state index in [0.29, 0.717) is 33.6 Å². The molecule has 2 aromatic carbocycles. The van der Waals surface area contributed by atoms with Crippen LogP contribution in [0.25, 0.3) is 0 Å². The quantitative estimate of drug-likeness (QED) is 0.611. The predicted octanol–water partition coefficient (Wildman–Crippen LogP) is 4.78. The lowest BCUT2D eigenvalue weighted by atomic mass is 10.1. The Labute approximate surface area is 182 Å². The molecule has 0 bridgehead atoms. The highest BCUT2D eigenvalue weighted by Gasteiger charge is 2.27. The Kier molecular flexibility index (Phi) is 7.41. The van der Waals surface area contributed by atoms with Crippen molar-refractivity contribution in [3.8, 4) is 0 Å². The van der Waals surface area contributed by atoms with Gasteiger partial charge in [0.25, 0.3) is 11.1 Å². The molecule has 29 heavy (non-hydrogen) atoms. The van der Waals surface area contributed by atoms with Gasteiger partial charge in [-0.2, -0.15) is 0 Å². The summed E-state index contributed by atoms with van der Waals surface area (Å²) in [5, 5.41) is 3.37. The fourth-order valence-electron chi connectivity index (χ4n) is 2.78. The molecular formula is C20H18Cl2N2O4S. The van der Waals surface area contributed by atoms with E-state index in [1.54, 1.807) is 53.4 Å². The summed E-state index contributed by atoms with van der Waals surface area (Å²) in [6.45, 7) is 0.868. The number of carbonyl (C=O) groups is 3. The zero-order chi connectivity index (χ0) is 20.8. The fraction of sp³-hybridized carbons (Fsp3) is 0.250. The van der Waals surface area contributed by atoms with Gasteiger partial charge in [-0.1, -0.05) is 65.3 Å². The number of thioether (sulfide) groups is 1. The van der Waals surface area contributed by atoms with Crippen molar-refractivity contribution in [1.82, 2.24) is 4.90 Å². The molecule has 1 aliphatic rings. The van der Waals surface area contributed by atoms with Gasteiger partial charge >= 0.3 is 5.97 Å². The van der Waals surface area contributed by atoms with Crippen LogP contribution in [-0.2, 0) is 14.3 Å². The molecule has 2 amide bonds. The number of esters is 1. The summed E-state index contributed by atoms with van der Waals surface area (Å²) in [6.07, 6.45) is -1.14. The van der Waals surface area contributed by atoms with E-state index < -0.39 is 18.0 Å². The number of ether oxygens (including phenoxy) is 1. The summed E-state index contributed by atoms with van der Waals surface area (Å²) in [6, 6.07) is 13.3. The number of benzene rings is 2. The number of nitrogens with zero attached hydrogens (tertiary/aromatic N) is 1. The molecule has 3 rings (SSSR count). The first-order valence-electron chi connectivity index (χ1n) is 8.85. The Morgan fingerprint density at radius 1 is 1.14 bits per heavy atom. The molecule has 152 valence electrons. The Balaban J connectivity index is 1.69. The third kappa shape index (κ3) is 6.13. The van der Waals surface area contributed by atoms with Crippen LogP contribution in [0, 0.1) is 0 Å². The highest BCUT2D eigenvalue weighted by molar-refractivity contribution is 8.13. The highest BCUT2D eigenvalue weighted by Crippen LogP contribution is 2.25. The lowest BCUT2D eigenvalue weighted by Gasteiger charge is -2.19. The van der Waals surface area contributed by atoms with E-state index in [4.69, 9.17) is 27.9 Å². The predicted molar refractivity (Wildman–Crippen MR) is 114 cm³/mol. The number of amides is 2. The van der Waals surface area contributed by atoms with Crippen LogP contribution >= 0.6 is 35.0 Å². The van der Waals surface area contributed by atoms with E-state index in [1.807, 2.05) is 0 Å². The topological polar surface area (TPSA) is 75.7 Å². The molecule has 1 aliphatic heterocycles. The van der Waals surface area contributed by atoms with E-state index in [0.717, 1.165) is 0 Å². The number of nitrogens with one attached hydrogen (secondary N) is 1. The Morgan fingerprint density at radius 3 is 2.45 bits per heavy atom. The molecule has 1 fully saturated rings. The minimum Gasteiger partial charge on any atom is -0.447 e. The monoisotopic (exact) mass is 452 g/mol. The summed E-state index contributed by atoms with van der Waals surface area (Å²) in [4.78, 5) is 38.5. The van der Waals surface area contributed by atoms with Crippen molar-refractivity contribution in [3.05, 3.63) is 64.1 Å². The van der Waals surface area contributed by atoms with Gasteiger partial charge in [-0.25, -0.2) is 0 Å². The lowest BCUT2D eigenvalue weighted by molar-refractivity contribution is -0.154. The molecule has 0 aliphatic carbocycles. The minimum absolute atomic E-state index is 0.00586. The summed E-state index contributed by atoms with van der Waals surface area (Å²) < 4.78 is 5.46. The smallest absolute Gasteiger partial charge is 0.308 e. The second kappa shape index (κ2) is 10.0. The van der Waals surface area contributed by atoms with Gasteiger partial charge < -0.3 is 15.0 Å².